The largest absolute Gasteiger partial charge is 0.383 e. The highest BCUT2D eigenvalue weighted by atomic mass is 16.5. The highest BCUT2D eigenvalue weighted by molar-refractivity contribution is 5.39. The molecule has 0 atom stereocenters. The lowest BCUT2D eigenvalue weighted by Crippen LogP contribution is -1.99. The van der Waals surface area contributed by atoms with Gasteiger partial charge in [0.15, 0.2) is 0 Å². The van der Waals surface area contributed by atoms with Gasteiger partial charge >= 0.3 is 0 Å². The van der Waals surface area contributed by atoms with Crippen LogP contribution in [0, 0.1) is 6.92 Å². The van der Waals surface area contributed by atoms with Crippen molar-refractivity contribution < 1.29 is 4.74 Å². The predicted octanol–water partition coefficient (Wildman–Crippen LogP) is 1.12. The molecule has 1 aromatic heterocycles. The smallest absolute Gasteiger partial charge is 0.128 e. The van der Waals surface area contributed by atoms with E-state index in [1.165, 1.54) is 0 Å². The summed E-state index contributed by atoms with van der Waals surface area (Å²) in [6.07, 6.45) is 1.74. The molecule has 0 aliphatic heterocycles. The maximum absolute atomic E-state index is 5.58. The lowest BCUT2D eigenvalue weighted by atomic mass is 10.2. The molecule has 0 spiro atoms. The zero-order valence-electron chi connectivity index (χ0n) is 6.79. The molecule has 60 valence electrons. The average molecular weight is 152 g/mol. The molecule has 0 unspecified atom stereocenters. The van der Waals surface area contributed by atoms with Crippen LogP contribution in [0.1, 0.15) is 11.1 Å². The molecular formula is C8H12N2O. The highest BCUT2D eigenvalue weighted by Crippen LogP contribution is 2.10. The van der Waals surface area contributed by atoms with Crippen LogP contribution in [-0.4, -0.2) is 12.1 Å². The normalized spacial score (nSPS) is 10.0. The van der Waals surface area contributed by atoms with Crippen LogP contribution in [0.4, 0.5) is 5.82 Å². The van der Waals surface area contributed by atoms with Gasteiger partial charge in [-0.1, -0.05) is 0 Å². The maximum atomic E-state index is 5.58. The molecule has 0 aliphatic rings. The summed E-state index contributed by atoms with van der Waals surface area (Å²) in [5, 5.41) is 0. The van der Waals surface area contributed by atoms with Crippen LogP contribution < -0.4 is 5.73 Å². The Kier molecular flexibility index (Phi) is 2.44. The molecule has 0 radical (unpaired) electrons. The van der Waals surface area contributed by atoms with Crippen molar-refractivity contribution in [2.75, 3.05) is 12.8 Å². The molecule has 0 fully saturated rings. The topological polar surface area (TPSA) is 48.1 Å². The molecule has 3 nitrogen and oxygen atoms in total. The number of anilines is 1. The quantitative estimate of drug-likeness (QED) is 0.690. The number of nitrogens with two attached hydrogens (primary N) is 1. The van der Waals surface area contributed by atoms with Crippen LogP contribution in [-0.2, 0) is 11.3 Å². The summed E-state index contributed by atoms with van der Waals surface area (Å²) in [5.41, 5.74) is 7.64. The third kappa shape index (κ3) is 1.91. The highest BCUT2D eigenvalue weighted by Gasteiger charge is 1.98. The molecule has 0 aliphatic carbocycles. The van der Waals surface area contributed by atoms with Gasteiger partial charge in [-0.15, -0.1) is 0 Å². The Morgan fingerprint density at radius 2 is 2.36 bits per heavy atom. The SMILES string of the molecule is COCc1cc(C)cnc1N. The van der Waals surface area contributed by atoms with Crippen LogP contribution in [0.3, 0.4) is 0 Å². The lowest BCUT2D eigenvalue weighted by molar-refractivity contribution is 0.185. The summed E-state index contributed by atoms with van der Waals surface area (Å²) in [6, 6.07) is 1.98. The molecule has 0 aromatic carbocycles. The number of hydrogen-bond donors (Lipinski definition) is 1. The van der Waals surface area contributed by atoms with Gasteiger partial charge in [0.2, 0.25) is 0 Å². The number of ether oxygens (including phenoxy) is 1. The van der Waals surface area contributed by atoms with E-state index >= 15 is 0 Å². The Hall–Kier alpha value is -1.09. The van der Waals surface area contributed by atoms with Crippen LogP contribution in [0.25, 0.3) is 0 Å². The molecular weight excluding hydrogens is 140 g/mol. The average Bonchev–Trinajstić information content (AvgIpc) is 1.98. The molecule has 0 saturated carbocycles. The number of aryl methyl sites for hydroxylation is 1. The fraction of sp³-hybridized carbons (Fsp3) is 0.375. The van der Waals surface area contributed by atoms with Crippen molar-refractivity contribution >= 4 is 5.82 Å². The van der Waals surface area contributed by atoms with Crippen molar-refractivity contribution in [1.82, 2.24) is 4.98 Å². The van der Waals surface area contributed by atoms with Crippen LogP contribution in [0.2, 0.25) is 0 Å². The van der Waals surface area contributed by atoms with Gasteiger partial charge in [-0.2, -0.15) is 0 Å². The zero-order chi connectivity index (χ0) is 8.27. The van der Waals surface area contributed by atoms with Gasteiger partial charge in [0.1, 0.15) is 5.82 Å². The summed E-state index contributed by atoms with van der Waals surface area (Å²) in [7, 11) is 1.64. The number of nitrogen functional groups attached to an aromatic ring is 1. The molecule has 11 heavy (non-hydrogen) atoms. The van der Waals surface area contributed by atoms with E-state index in [0.717, 1.165) is 11.1 Å². The number of aromatic nitrogens is 1. The first-order chi connectivity index (χ1) is 5.24. The first-order valence-electron chi connectivity index (χ1n) is 3.44. The van der Waals surface area contributed by atoms with E-state index in [2.05, 4.69) is 4.98 Å². The monoisotopic (exact) mass is 152 g/mol. The van der Waals surface area contributed by atoms with Crippen LogP contribution in [0.15, 0.2) is 12.3 Å². The van der Waals surface area contributed by atoms with Gasteiger partial charge in [0.25, 0.3) is 0 Å². The molecule has 3 heteroatoms. The van der Waals surface area contributed by atoms with E-state index < -0.39 is 0 Å². The van der Waals surface area contributed by atoms with Crippen molar-refractivity contribution in [3.63, 3.8) is 0 Å². The fourth-order valence-electron chi connectivity index (χ4n) is 0.911. The Bertz CT molecular complexity index is 248. The summed E-state index contributed by atoms with van der Waals surface area (Å²) in [6.45, 7) is 2.51. The van der Waals surface area contributed by atoms with E-state index in [9.17, 15) is 0 Å². The van der Waals surface area contributed by atoms with Crippen molar-refractivity contribution in [2.24, 2.45) is 0 Å². The number of methoxy groups -OCH3 is 1. The van der Waals surface area contributed by atoms with Gasteiger partial charge < -0.3 is 10.5 Å². The summed E-state index contributed by atoms with van der Waals surface area (Å²) in [4.78, 5) is 4.00. The van der Waals surface area contributed by atoms with E-state index in [-0.39, 0.29) is 0 Å². The number of pyridine rings is 1. The minimum atomic E-state index is 0.528. The second-order valence-corrected chi connectivity index (χ2v) is 2.49. The van der Waals surface area contributed by atoms with Crippen LogP contribution in [0.5, 0.6) is 0 Å². The molecule has 0 saturated heterocycles. The van der Waals surface area contributed by atoms with E-state index in [1.54, 1.807) is 13.3 Å². The molecule has 1 heterocycles. The van der Waals surface area contributed by atoms with Gasteiger partial charge in [-0.05, 0) is 18.6 Å². The predicted molar refractivity (Wildman–Crippen MR) is 44.1 cm³/mol. The standard InChI is InChI=1S/C8H12N2O/c1-6-3-7(5-11-2)8(9)10-4-6/h3-4H,5H2,1-2H3,(H2,9,10). The van der Waals surface area contributed by atoms with Crippen LogP contribution >= 0.6 is 0 Å². The van der Waals surface area contributed by atoms with Gasteiger partial charge in [-0.3, -0.25) is 0 Å². The van der Waals surface area contributed by atoms with Gasteiger partial charge in [0, 0.05) is 18.9 Å². The van der Waals surface area contributed by atoms with E-state index in [4.69, 9.17) is 10.5 Å². The second-order valence-electron chi connectivity index (χ2n) is 2.49. The van der Waals surface area contributed by atoms with E-state index in [1.807, 2.05) is 13.0 Å². The van der Waals surface area contributed by atoms with Crippen molar-refractivity contribution in [2.45, 2.75) is 13.5 Å². The summed E-state index contributed by atoms with van der Waals surface area (Å²) >= 11 is 0. The number of nitrogens with zero attached hydrogens (tertiary/aromatic N) is 1. The maximum Gasteiger partial charge on any atom is 0.128 e. The molecule has 1 aromatic rings. The zero-order valence-corrected chi connectivity index (χ0v) is 6.79. The Morgan fingerprint density at radius 3 is 3.00 bits per heavy atom. The molecule has 1 rings (SSSR count). The first kappa shape index (κ1) is 8.01. The number of rotatable bonds is 2. The van der Waals surface area contributed by atoms with Crippen molar-refractivity contribution in [3.05, 3.63) is 23.4 Å². The first-order valence-corrected chi connectivity index (χ1v) is 3.44. The molecule has 0 bridgehead atoms. The second kappa shape index (κ2) is 3.34. The van der Waals surface area contributed by atoms with Crippen molar-refractivity contribution in [1.29, 1.82) is 0 Å². The van der Waals surface area contributed by atoms with Gasteiger partial charge in [0.05, 0.1) is 6.61 Å². The van der Waals surface area contributed by atoms with E-state index in [0.29, 0.717) is 12.4 Å². The Balaban J connectivity index is 2.93. The lowest BCUT2D eigenvalue weighted by Gasteiger charge is -2.03. The summed E-state index contributed by atoms with van der Waals surface area (Å²) in [5.74, 6) is 0.553. The third-order valence-corrected chi connectivity index (χ3v) is 1.44. The minimum Gasteiger partial charge on any atom is -0.383 e. The molecule has 0 amide bonds. The number of hydrogen-bond acceptors (Lipinski definition) is 3. The minimum absolute atomic E-state index is 0.528. The molecule has 2 N–H and O–H groups in total. The van der Waals surface area contributed by atoms with Crippen molar-refractivity contribution in [3.8, 4) is 0 Å². The third-order valence-electron chi connectivity index (χ3n) is 1.44. The Morgan fingerprint density at radius 1 is 1.64 bits per heavy atom. The van der Waals surface area contributed by atoms with Gasteiger partial charge in [-0.25, -0.2) is 4.98 Å². The summed E-state index contributed by atoms with van der Waals surface area (Å²) < 4.78 is 4.94. The fourth-order valence-corrected chi connectivity index (χ4v) is 0.911. The Labute approximate surface area is 66.2 Å².